The Balaban J connectivity index is 2.40. The number of halogens is 2. The zero-order valence-corrected chi connectivity index (χ0v) is 9.18. The number of primary amides is 1. The first kappa shape index (κ1) is 11.9. The maximum atomic E-state index is 10.2. The molecular formula is C8H9Cl2N3O2. The van der Waals surface area contributed by atoms with Crippen molar-refractivity contribution >= 4 is 35.1 Å². The molecule has 1 amide bonds. The van der Waals surface area contributed by atoms with Crippen LogP contribution in [0.5, 0.6) is 0 Å². The number of anilines is 1. The van der Waals surface area contributed by atoms with Crippen molar-refractivity contribution < 1.29 is 9.53 Å². The van der Waals surface area contributed by atoms with Gasteiger partial charge in [-0.15, -0.1) is 0 Å². The fraction of sp³-hybridized carbons (Fsp3) is 0.250. The number of nitrogens with zero attached hydrogens (tertiary/aromatic N) is 1. The van der Waals surface area contributed by atoms with E-state index in [9.17, 15) is 4.79 Å². The van der Waals surface area contributed by atoms with E-state index in [2.05, 4.69) is 15.0 Å². The van der Waals surface area contributed by atoms with E-state index in [1.54, 1.807) is 6.07 Å². The predicted octanol–water partition coefficient (Wildman–Crippen LogP) is 1.90. The lowest BCUT2D eigenvalue weighted by Gasteiger charge is -2.06. The smallest absolute Gasteiger partial charge is 0.404 e. The lowest BCUT2D eigenvalue weighted by atomic mass is 10.4. The van der Waals surface area contributed by atoms with Crippen LogP contribution in [0.15, 0.2) is 12.3 Å². The molecule has 0 atom stereocenters. The van der Waals surface area contributed by atoms with Crippen LogP contribution in [-0.4, -0.2) is 24.2 Å². The van der Waals surface area contributed by atoms with Crippen LogP contribution in [0.3, 0.4) is 0 Å². The molecular weight excluding hydrogens is 241 g/mol. The van der Waals surface area contributed by atoms with Gasteiger partial charge in [-0.05, 0) is 6.07 Å². The summed E-state index contributed by atoms with van der Waals surface area (Å²) in [5.41, 5.74) is 4.77. The molecule has 3 N–H and O–H groups in total. The second-order valence-corrected chi connectivity index (χ2v) is 3.42. The highest BCUT2D eigenvalue weighted by Crippen LogP contribution is 2.21. The number of nitrogens with one attached hydrogen (secondary N) is 1. The average Bonchev–Trinajstić information content (AvgIpc) is 2.14. The van der Waals surface area contributed by atoms with Gasteiger partial charge in [0, 0.05) is 6.20 Å². The van der Waals surface area contributed by atoms with E-state index in [1.807, 2.05) is 0 Å². The average molecular weight is 250 g/mol. The molecule has 15 heavy (non-hydrogen) atoms. The van der Waals surface area contributed by atoms with Gasteiger partial charge in [0.1, 0.15) is 12.4 Å². The fourth-order valence-corrected chi connectivity index (χ4v) is 1.31. The van der Waals surface area contributed by atoms with Gasteiger partial charge < -0.3 is 15.8 Å². The molecule has 0 unspecified atom stereocenters. The topological polar surface area (TPSA) is 77.2 Å². The number of carbonyl (C=O) groups excluding carboxylic acids is 1. The molecule has 0 saturated heterocycles. The van der Waals surface area contributed by atoms with Gasteiger partial charge in [0.15, 0.2) is 0 Å². The minimum absolute atomic E-state index is 0.149. The normalized spacial score (nSPS) is 9.73. The summed E-state index contributed by atoms with van der Waals surface area (Å²) >= 11 is 11.5. The minimum Gasteiger partial charge on any atom is -0.448 e. The zero-order valence-electron chi connectivity index (χ0n) is 7.67. The molecule has 0 aromatic carbocycles. The monoisotopic (exact) mass is 249 g/mol. The van der Waals surface area contributed by atoms with Crippen molar-refractivity contribution in [2.24, 2.45) is 5.73 Å². The molecule has 1 rings (SSSR count). The van der Waals surface area contributed by atoms with Crippen LogP contribution in [0.25, 0.3) is 0 Å². The molecule has 0 radical (unpaired) electrons. The second-order valence-electron chi connectivity index (χ2n) is 2.58. The van der Waals surface area contributed by atoms with Crippen molar-refractivity contribution in [3.63, 3.8) is 0 Å². The molecule has 0 spiro atoms. The van der Waals surface area contributed by atoms with Crippen molar-refractivity contribution in [3.05, 3.63) is 22.3 Å². The first-order valence-electron chi connectivity index (χ1n) is 4.06. The maximum absolute atomic E-state index is 10.2. The van der Waals surface area contributed by atoms with Crippen molar-refractivity contribution in [1.82, 2.24) is 4.98 Å². The SMILES string of the molecule is NC(=O)OCCNc1ncc(Cl)cc1Cl. The molecule has 1 aromatic heterocycles. The number of hydrogen-bond acceptors (Lipinski definition) is 4. The number of hydrogen-bond donors (Lipinski definition) is 2. The zero-order chi connectivity index (χ0) is 11.3. The van der Waals surface area contributed by atoms with Gasteiger partial charge in [0.05, 0.1) is 16.6 Å². The van der Waals surface area contributed by atoms with Gasteiger partial charge in [-0.1, -0.05) is 23.2 Å². The van der Waals surface area contributed by atoms with Crippen LogP contribution in [0.4, 0.5) is 10.6 Å². The summed E-state index contributed by atoms with van der Waals surface area (Å²) in [5, 5.41) is 3.72. The Morgan fingerprint density at radius 2 is 2.33 bits per heavy atom. The van der Waals surface area contributed by atoms with Crippen LogP contribution >= 0.6 is 23.2 Å². The van der Waals surface area contributed by atoms with E-state index in [0.29, 0.717) is 22.4 Å². The van der Waals surface area contributed by atoms with Crippen LogP contribution in [-0.2, 0) is 4.74 Å². The van der Waals surface area contributed by atoms with E-state index in [-0.39, 0.29) is 6.61 Å². The van der Waals surface area contributed by atoms with Crippen molar-refractivity contribution in [3.8, 4) is 0 Å². The van der Waals surface area contributed by atoms with E-state index in [0.717, 1.165) is 0 Å². The molecule has 0 saturated carbocycles. The molecule has 1 heterocycles. The van der Waals surface area contributed by atoms with Gasteiger partial charge in [-0.3, -0.25) is 0 Å². The number of ether oxygens (including phenoxy) is 1. The van der Waals surface area contributed by atoms with Crippen molar-refractivity contribution in [2.75, 3.05) is 18.5 Å². The van der Waals surface area contributed by atoms with Gasteiger partial charge >= 0.3 is 6.09 Å². The Kier molecular flexibility index (Phi) is 4.45. The first-order valence-corrected chi connectivity index (χ1v) is 4.82. The number of rotatable bonds is 4. The number of aromatic nitrogens is 1. The third-order valence-electron chi connectivity index (χ3n) is 1.45. The van der Waals surface area contributed by atoms with E-state index >= 15 is 0 Å². The quantitative estimate of drug-likeness (QED) is 0.800. The molecule has 7 heteroatoms. The number of amides is 1. The summed E-state index contributed by atoms with van der Waals surface area (Å²) in [6.45, 7) is 0.521. The fourth-order valence-electron chi connectivity index (χ4n) is 0.866. The van der Waals surface area contributed by atoms with Crippen LogP contribution in [0.1, 0.15) is 0 Å². The molecule has 0 fully saturated rings. The highest BCUT2D eigenvalue weighted by molar-refractivity contribution is 6.35. The third-order valence-corrected chi connectivity index (χ3v) is 1.94. The molecule has 0 bridgehead atoms. The largest absolute Gasteiger partial charge is 0.448 e. The maximum Gasteiger partial charge on any atom is 0.404 e. The molecule has 1 aromatic rings. The lowest BCUT2D eigenvalue weighted by Crippen LogP contribution is -2.18. The van der Waals surface area contributed by atoms with Crippen LogP contribution < -0.4 is 11.1 Å². The number of carbonyl (C=O) groups is 1. The Hall–Kier alpha value is -1.20. The molecule has 0 aliphatic rings. The summed E-state index contributed by atoms with van der Waals surface area (Å²) in [6, 6.07) is 1.56. The first-order chi connectivity index (χ1) is 7.09. The lowest BCUT2D eigenvalue weighted by molar-refractivity contribution is 0.161. The Morgan fingerprint density at radius 3 is 2.93 bits per heavy atom. The Bertz CT molecular complexity index is 360. The molecule has 0 aliphatic heterocycles. The van der Waals surface area contributed by atoms with Crippen LogP contribution in [0, 0.1) is 0 Å². The molecule has 82 valence electrons. The summed E-state index contributed by atoms with van der Waals surface area (Å²) in [7, 11) is 0. The van der Waals surface area contributed by atoms with Gasteiger partial charge in [-0.2, -0.15) is 0 Å². The van der Waals surface area contributed by atoms with Crippen molar-refractivity contribution in [1.29, 1.82) is 0 Å². The van der Waals surface area contributed by atoms with Gasteiger partial charge in [0.25, 0.3) is 0 Å². The van der Waals surface area contributed by atoms with Gasteiger partial charge in [-0.25, -0.2) is 9.78 Å². The summed E-state index contributed by atoms with van der Waals surface area (Å²) in [6.07, 6.45) is 0.650. The highest BCUT2D eigenvalue weighted by Gasteiger charge is 2.02. The van der Waals surface area contributed by atoms with E-state index in [1.165, 1.54) is 6.20 Å². The third kappa shape index (κ3) is 4.22. The Morgan fingerprint density at radius 1 is 1.60 bits per heavy atom. The predicted molar refractivity (Wildman–Crippen MR) is 58.3 cm³/mol. The summed E-state index contributed by atoms with van der Waals surface area (Å²) < 4.78 is 4.51. The minimum atomic E-state index is -0.813. The van der Waals surface area contributed by atoms with E-state index < -0.39 is 6.09 Å². The summed E-state index contributed by atoms with van der Waals surface area (Å²) in [5.74, 6) is 0.481. The molecule has 5 nitrogen and oxygen atoms in total. The summed E-state index contributed by atoms with van der Waals surface area (Å²) in [4.78, 5) is 14.2. The second kappa shape index (κ2) is 5.63. The molecule has 0 aliphatic carbocycles. The Labute approximate surface area is 96.5 Å². The van der Waals surface area contributed by atoms with Gasteiger partial charge in [0.2, 0.25) is 0 Å². The number of nitrogens with two attached hydrogens (primary N) is 1. The standard InChI is InChI=1S/C8H9Cl2N3O2/c9-5-3-6(10)7(13-4-5)12-1-2-15-8(11)14/h3-4H,1-2H2,(H2,11,14)(H,12,13). The van der Waals surface area contributed by atoms with E-state index in [4.69, 9.17) is 28.9 Å². The van der Waals surface area contributed by atoms with Crippen molar-refractivity contribution in [2.45, 2.75) is 0 Å². The highest BCUT2D eigenvalue weighted by atomic mass is 35.5. The number of pyridine rings is 1. The van der Waals surface area contributed by atoms with Crippen LogP contribution in [0.2, 0.25) is 10.0 Å².